The summed E-state index contributed by atoms with van der Waals surface area (Å²) < 4.78 is 0. The van der Waals surface area contributed by atoms with Gasteiger partial charge in [-0.15, -0.1) is 0 Å². The Morgan fingerprint density at radius 3 is 2.88 bits per heavy atom. The zero-order chi connectivity index (χ0) is 12.0. The lowest BCUT2D eigenvalue weighted by Gasteiger charge is -2.21. The van der Waals surface area contributed by atoms with Gasteiger partial charge < -0.3 is 5.32 Å². The summed E-state index contributed by atoms with van der Waals surface area (Å²) in [5, 5.41) is 3.69. The van der Waals surface area contributed by atoms with E-state index in [4.69, 9.17) is 11.6 Å². The van der Waals surface area contributed by atoms with Crippen molar-refractivity contribution in [2.24, 2.45) is 11.8 Å². The van der Waals surface area contributed by atoms with E-state index in [1.165, 1.54) is 12.8 Å². The predicted octanol–water partition coefficient (Wildman–Crippen LogP) is 3.81. The Balaban J connectivity index is 2.01. The van der Waals surface area contributed by atoms with Gasteiger partial charge in [-0.2, -0.15) is 0 Å². The van der Waals surface area contributed by atoms with Crippen molar-refractivity contribution >= 4 is 23.2 Å². The van der Waals surface area contributed by atoms with Crippen molar-refractivity contribution in [1.82, 2.24) is 0 Å². The number of hydrogen-bond donors (Lipinski definition) is 1. The third-order valence-corrected chi connectivity index (χ3v) is 4.48. The number of halogens is 1. The molecule has 17 heavy (non-hydrogen) atoms. The SMILES string of the molecule is CC1CCCC1C1C(=O)Nc2ccc(Cl)cc21. The number of amides is 1. The molecule has 1 heterocycles. The van der Waals surface area contributed by atoms with E-state index in [1.54, 1.807) is 0 Å². The Morgan fingerprint density at radius 2 is 2.18 bits per heavy atom. The van der Waals surface area contributed by atoms with Gasteiger partial charge in [0.05, 0.1) is 5.92 Å². The average Bonchev–Trinajstić information content (AvgIpc) is 2.81. The lowest BCUT2D eigenvalue weighted by atomic mass is 9.81. The van der Waals surface area contributed by atoms with Crippen molar-refractivity contribution in [3.8, 4) is 0 Å². The molecule has 3 heteroatoms. The molecule has 1 aliphatic carbocycles. The van der Waals surface area contributed by atoms with Crippen molar-refractivity contribution in [1.29, 1.82) is 0 Å². The zero-order valence-corrected chi connectivity index (χ0v) is 10.6. The highest BCUT2D eigenvalue weighted by molar-refractivity contribution is 6.31. The highest BCUT2D eigenvalue weighted by Gasteiger charge is 2.40. The Bertz CT molecular complexity index is 471. The molecule has 1 amide bonds. The van der Waals surface area contributed by atoms with Crippen LogP contribution in [0.25, 0.3) is 0 Å². The number of benzene rings is 1. The van der Waals surface area contributed by atoms with E-state index in [1.807, 2.05) is 18.2 Å². The molecule has 1 N–H and O–H groups in total. The smallest absolute Gasteiger partial charge is 0.232 e. The van der Waals surface area contributed by atoms with Gasteiger partial charge in [-0.25, -0.2) is 0 Å². The normalized spacial score (nSPS) is 31.4. The standard InChI is InChI=1S/C14H16ClNO/c1-8-3-2-4-10(8)13-11-7-9(15)5-6-12(11)16-14(13)17/h5-8,10,13H,2-4H2,1H3,(H,16,17). The topological polar surface area (TPSA) is 29.1 Å². The summed E-state index contributed by atoms with van der Waals surface area (Å²) in [7, 11) is 0. The lowest BCUT2D eigenvalue weighted by Crippen LogP contribution is -2.22. The third-order valence-electron chi connectivity index (χ3n) is 4.24. The van der Waals surface area contributed by atoms with Crippen LogP contribution in [0.15, 0.2) is 18.2 Å². The Kier molecular flexibility index (Phi) is 2.62. The highest BCUT2D eigenvalue weighted by Crippen LogP contribution is 2.47. The van der Waals surface area contributed by atoms with E-state index in [9.17, 15) is 4.79 Å². The number of anilines is 1. The predicted molar refractivity (Wildman–Crippen MR) is 69.3 cm³/mol. The number of carbonyl (C=O) groups is 1. The third kappa shape index (κ3) is 1.75. The first kappa shape index (κ1) is 11.1. The minimum atomic E-state index is 0.0150. The van der Waals surface area contributed by atoms with Crippen molar-refractivity contribution in [3.63, 3.8) is 0 Å². The van der Waals surface area contributed by atoms with Crippen LogP contribution in [0.2, 0.25) is 5.02 Å². The second-order valence-electron chi connectivity index (χ2n) is 5.27. The van der Waals surface area contributed by atoms with Gasteiger partial charge in [-0.1, -0.05) is 31.4 Å². The van der Waals surface area contributed by atoms with Crippen molar-refractivity contribution < 1.29 is 4.79 Å². The second kappa shape index (κ2) is 4.02. The van der Waals surface area contributed by atoms with Crippen molar-refractivity contribution in [3.05, 3.63) is 28.8 Å². The Labute approximate surface area is 106 Å². The molecule has 1 aromatic rings. The van der Waals surface area contributed by atoms with Crippen molar-refractivity contribution in [2.45, 2.75) is 32.1 Å². The summed E-state index contributed by atoms with van der Waals surface area (Å²) >= 11 is 6.04. The lowest BCUT2D eigenvalue weighted by molar-refractivity contribution is -0.118. The van der Waals surface area contributed by atoms with E-state index < -0.39 is 0 Å². The minimum Gasteiger partial charge on any atom is -0.325 e. The van der Waals surface area contributed by atoms with E-state index >= 15 is 0 Å². The molecule has 3 unspecified atom stereocenters. The van der Waals surface area contributed by atoms with Gasteiger partial charge in [0.1, 0.15) is 0 Å². The first-order valence-electron chi connectivity index (χ1n) is 6.27. The number of nitrogens with one attached hydrogen (secondary N) is 1. The molecule has 3 rings (SSSR count). The molecular weight excluding hydrogens is 234 g/mol. The molecule has 2 nitrogen and oxygen atoms in total. The molecule has 1 aromatic carbocycles. The summed E-state index contributed by atoms with van der Waals surface area (Å²) in [6, 6.07) is 5.70. The van der Waals surface area contributed by atoms with Crippen LogP contribution < -0.4 is 5.32 Å². The molecule has 0 bridgehead atoms. The van der Waals surface area contributed by atoms with E-state index in [0.29, 0.717) is 11.8 Å². The van der Waals surface area contributed by atoms with Crippen LogP contribution in [0.3, 0.4) is 0 Å². The summed E-state index contributed by atoms with van der Waals surface area (Å²) in [6.45, 7) is 2.26. The molecular formula is C14H16ClNO. The number of carbonyl (C=O) groups excluding carboxylic acids is 1. The molecule has 1 saturated carbocycles. The fourth-order valence-electron chi connectivity index (χ4n) is 3.35. The maximum absolute atomic E-state index is 12.1. The summed E-state index contributed by atoms with van der Waals surface area (Å²) in [4.78, 5) is 12.1. The van der Waals surface area contributed by atoms with Gasteiger partial charge in [0.2, 0.25) is 5.91 Å². The first-order valence-corrected chi connectivity index (χ1v) is 6.65. The van der Waals surface area contributed by atoms with Crippen LogP contribution >= 0.6 is 11.6 Å². The monoisotopic (exact) mass is 249 g/mol. The van der Waals surface area contributed by atoms with Gasteiger partial charge in [0.15, 0.2) is 0 Å². The van der Waals surface area contributed by atoms with Gasteiger partial charge in [-0.05, 0) is 42.0 Å². The fourth-order valence-corrected chi connectivity index (χ4v) is 3.53. The van der Waals surface area contributed by atoms with Crippen LogP contribution in [0.1, 0.15) is 37.7 Å². The summed E-state index contributed by atoms with van der Waals surface area (Å²) in [5.74, 6) is 1.28. The molecule has 0 spiro atoms. The number of rotatable bonds is 1. The van der Waals surface area contributed by atoms with Gasteiger partial charge in [0, 0.05) is 10.7 Å². The molecule has 0 aromatic heterocycles. The molecule has 1 fully saturated rings. The largest absolute Gasteiger partial charge is 0.325 e. The number of fused-ring (bicyclic) bond motifs is 1. The van der Waals surface area contributed by atoms with Crippen molar-refractivity contribution in [2.75, 3.05) is 5.32 Å². The van der Waals surface area contributed by atoms with E-state index in [0.717, 1.165) is 22.7 Å². The van der Waals surface area contributed by atoms with Crippen LogP contribution in [0, 0.1) is 11.8 Å². The van der Waals surface area contributed by atoms with Gasteiger partial charge >= 0.3 is 0 Å². The summed E-state index contributed by atoms with van der Waals surface area (Å²) in [6.07, 6.45) is 3.64. The first-order chi connectivity index (χ1) is 8.16. The maximum Gasteiger partial charge on any atom is 0.232 e. The number of hydrogen-bond acceptors (Lipinski definition) is 1. The van der Waals surface area contributed by atoms with Crippen LogP contribution in [-0.4, -0.2) is 5.91 Å². The van der Waals surface area contributed by atoms with Crippen LogP contribution in [0.4, 0.5) is 5.69 Å². The quantitative estimate of drug-likeness (QED) is 0.806. The molecule has 90 valence electrons. The molecule has 0 saturated heterocycles. The molecule has 0 radical (unpaired) electrons. The highest BCUT2D eigenvalue weighted by atomic mass is 35.5. The average molecular weight is 250 g/mol. The second-order valence-corrected chi connectivity index (χ2v) is 5.71. The zero-order valence-electron chi connectivity index (χ0n) is 9.87. The van der Waals surface area contributed by atoms with Gasteiger partial charge in [0.25, 0.3) is 0 Å². The fraction of sp³-hybridized carbons (Fsp3) is 0.500. The maximum atomic E-state index is 12.1. The van der Waals surface area contributed by atoms with Crippen LogP contribution in [0.5, 0.6) is 0 Å². The van der Waals surface area contributed by atoms with E-state index in [-0.39, 0.29) is 11.8 Å². The van der Waals surface area contributed by atoms with Gasteiger partial charge in [-0.3, -0.25) is 4.79 Å². The molecule has 1 aliphatic heterocycles. The Morgan fingerprint density at radius 1 is 1.35 bits per heavy atom. The van der Waals surface area contributed by atoms with E-state index in [2.05, 4.69) is 12.2 Å². The van der Waals surface area contributed by atoms with Crippen LogP contribution in [-0.2, 0) is 4.79 Å². The minimum absolute atomic E-state index is 0.0150. The summed E-state index contributed by atoms with van der Waals surface area (Å²) in [5.41, 5.74) is 2.05. The molecule has 2 aliphatic rings. The Hall–Kier alpha value is -1.02. The molecule has 3 atom stereocenters.